The highest BCUT2D eigenvalue weighted by Crippen LogP contribution is 2.30. The Balaban J connectivity index is 2.11. The van der Waals surface area contributed by atoms with E-state index >= 15 is 0 Å². The molecular weight excluding hydrogens is 359 g/mol. The Morgan fingerprint density at radius 3 is 2.81 bits per heavy atom. The number of hydrogen-bond acceptors (Lipinski definition) is 3. The molecule has 0 amide bonds. The number of piperidine rings is 1. The number of sulfonamides is 1. The molecule has 1 aromatic rings. The second kappa shape index (κ2) is 6.32. The second-order valence-corrected chi connectivity index (χ2v) is 8.62. The fourth-order valence-electron chi connectivity index (χ4n) is 2.58. The van der Waals surface area contributed by atoms with Crippen molar-refractivity contribution in [2.75, 3.05) is 13.1 Å². The van der Waals surface area contributed by atoms with Crippen molar-refractivity contribution in [3.8, 4) is 0 Å². The highest BCUT2D eigenvalue weighted by Gasteiger charge is 2.33. The summed E-state index contributed by atoms with van der Waals surface area (Å²) < 4.78 is 40.6. The quantitative estimate of drug-likeness (QED) is 0.846. The molecule has 4 nitrogen and oxygen atoms in total. The van der Waals surface area contributed by atoms with Gasteiger partial charge in [0.1, 0.15) is 5.82 Å². The lowest BCUT2D eigenvalue weighted by atomic mass is 9.78. The van der Waals surface area contributed by atoms with E-state index in [-0.39, 0.29) is 20.8 Å². The minimum Gasteiger partial charge on any atom is -0.312 e. The van der Waals surface area contributed by atoms with E-state index in [1.54, 1.807) is 0 Å². The van der Waals surface area contributed by atoms with Crippen molar-refractivity contribution < 1.29 is 12.8 Å². The smallest absolute Gasteiger partial charge is 0.241 e. The highest BCUT2D eigenvalue weighted by molar-refractivity contribution is 9.10. The maximum Gasteiger partial charge on any atom is 0.241 e. The molecule has 2 rings (SSSR count). The number of rotatable bonds is 4. The fourth-order valence-corrected chi connectivity index (χ4v) is 4.68. The van der Waals surface area contributed by atoms with Crippen molar-refractivity contribution >= 4 is 26.0 Å². The zero-order valence-electron chi connectivity index (χ0n) is 12.1. The minimum atomic E-state index is -3.66. The van der Waals surface area contributed by atoms with Crippen LogP contribution in [0.25, 0.3) is 0 Å². The Morgan fingerprint density at radius 2 is 2.19 bits per heavy atom. The normalized spacial score (nSPS) is 22.2. The van der Waals surface area contributed by atoms with Crippen LogP contribution >= 0.6 is 15.9 Å². The van der Waals surface area contributed by atoms with E-state index in [1.807, 2.05) is 0 Å². The molecule has 1 fully saturated rings. The van der Waals surface area contributed by atoms with E-state index in [0.29, 0.717) is 6.54 Å². The van der Waals surface area contributed by atoms with Crippen LogP contribution in [0.4, 0.5) is 4.39 Å². The summed E-state index contributed by atoms with van der Waals surface area (Å²) >= 11 is 3.10. The van der Waals surface area contributed by atoms with Crippen LogP contribution < -0.4 is 10.0 Å². The van der Waals surface area contributed by atoms with Gasteiger partial charge in [0.25, 0.3) is 0 Å². The van der Waals surface area contributed by atoms with Crippen molar-refractivity contribution in [2.24, 2.45) is 5.41 Å². The first-order valence-corrected chi connectivity index (χ1v) is 9.18. The van der Waals surface area contributed by atoms with Gasteiger partial charge in [-0.3, -0.25) is 0 Å². The van der Waals surface area contributed by atoms with Gasteiger partial charge in [0, 0.05) is 17.1 Å². The fraction of sp³-hybridized carbons (Fsp3) is 0.571. The van der Waals surface area contributed by atoms with Crippen LogP contribution in [0.1, 0.15) is 26.7 Å². The van der Waals surface area contributed by atoms with Gasteiger partial charge in [-0.1, -0.05) is 13.8 Å². The van der Waals surface area contributed by atoms with Gasteiger partial charge in [-0.05, 0) is 58.9 Å². The molecule has 0 bridgehead atoms. The summed E-state index contributed by atoms with van der Waals surface area (Å²) in [5.41, 5.74) is 0.0425. The first-order valence-electron chi connectivity index (χ1n) is 6.90. The molecule has 1 aliphatic heterocycles. The van der Waals surface area contributed by atoms with Crippen LogP contribution in [0.2, 0.25) is 0 Å². The lowest BCUT2D eigenvalue weighted by Gasteiger charge is -2.39. The zero-order valence-corrected chi connectivity index (χ0v) is 14.5. The first-order chi connectivity index (χ1) is 9.72. The van der Waals surface area contributed by atoms with Crippen molar-refractivity contribution in [1.82, 2.24) is 10.0 Å². The predicted octanol–water partition coefficient (Wildman–Crippen LogP) is 2.64. The summed E-state index contributed by atoms with van der Waals surface area (Å²) in [6, 6.07) is 3.64. The Labute approximate surface area is 133 Å². The van der Waals surface area contributed by atoms with E-state index in [9.17, 15) is 12.8 Å². The molecule has 2 N–H and O–H groups in total. The van der Waals surface area contributed by atoms with Crippen molar-refractivity contribution in [2.45, 2.75) is 37.6 Å². The Bertz CT molecular complexity index is 619. The summed E-state index contributed by atoms with van der Waals surface area (Å²) in [7, 11) is -3.66. The van der Waals surface area contributed by atoms with Crippen molar-refractivity contribution in [3.63, 3.8) is 0 Å². The maximum absolute atomic E-state index is 13.1. The van der Waals surface area contributed by atoms with Crippen LogP contribution in [0.3, 0.4) is 0 Å². The van der Waals surface area contributed by atoms with Gasteiger partial charge in [0.2, 0.25) is 10.0 Å². The highest BCUT2D eigenvalue weighted by atomic mass is 79.9. The van der Waals surface area contributed by atoms with E-state index in [4.69, 9.17) is 0 Å². The van der Waals surface area contributed by atoms with Crippen molar-refractivity contribution in [1.29, 1.82) is 0 Å². The summed E-state index contributed by atoms with van der Waals surface area (Å²) in [5.74, 6) is -0.476. The number of benzene rings is 1. The average Bonchev–Trinajstić information content (AvgIpc) is 2.36. The van der Waals surface area contributed by atoms with Crippen LogP contribution in [-0.2, 0) is 10.0 Å². The van der Waals surface area contributed by atoms with Crippen LogP contribution in [0, 0.1) is 11.2 Å². The maximum atomic E-state index is 13.1. The molecule has 0 aliphatic carbocycles. The molecule has 0 saturated carbocycles. The average molecular weight is 379 g/mol. The Morgan fingerprint density at radius 1 is 1.48 bits per heavy atom. The molecular formula is C14H20BrFN2O2S. The van der Waals surface area contributed by atoms with E-state index in [0.717, 1.165) is 31.5 Å². The first kappa shape index (κ1) is 16.9. The summed E-state index contributed by atoms with van der Waals surface area (Å²) in [6.07, 6.45) is 2.16. The van der Waals surface area contributed by atoms with Gasteiger partial charge in [0.15, 0.2) is 0 Å². The summed E-state index contributed by atoms with van der Waals surface area (Å²) in [5, 5.41) is 3.36. The second-order valence-electron chi connectivity index (χ2n) is 6.03. The molecule has 118 valence electrons. The van der Waals surface area contributed by atoms with Crippen LogP contribution in [-0.4, -0.2) is 27.5 Å². The summed E-state index contributed by atoms with van der Waals surface area (Å²) in [6.45, 7) is 5.48. The molecule has 0 spiro atoms. The van der Waals surface area contributed by atoms with E-state index in [2.05, 4.69) is 39.8 Å². The number of hydrogen-bond donors (Lipinski definition) is 2. The predicted molar refractivity (Wildman–Crippen MR) is 84.1 cm³/mol. The largest absolute Gasteiger partial charge is 0.312 e. The van der Waals surface area contributed by atoms with Gasteiger partial charge in [-0.15, -0.1) is 0 Å². The Hall–Kier alpha value is -0.500. The van der Waals surface area contributed by atoms with Crippen LogP contribution in [0.5, 0.6) is 0 Å². The third kappa shape index (κ3) is 4.03. The van der Waals surface area contributed by atoms with Gasteiger partial charge < -0.3 is 5.32 Å². The topological polar surface area (TPSA) is 58.2 Å². The molecule has 0 aromatic heterocycles. The number of nitrogens with one attached hydrogen (secondary N) is 2. The monoisotopic (exact) mass is 378 g/mol. The summed E-state index contributed by atoms with van der Waals surface area (Å²) in [4.78, 5) is 0.0533. The van der Waals surface area contributed by atoms with Gasteiger partial charge in [-0.25, -0.2) is 17.5 Å². The third-order valence-corrected chi connectivity index (χ3v) is 6.39. The van der Waals surface area contributed by atoms with E-state index < -0.39 is 15.8 Å². The molecule has 1 aliphatic rings. The van der Waals surface area contributed by atoms with Crippen molar-refractivity contribution in [3.05, 3.63) is 28.5 Å². The van der Waals surface area contributed by atoms with Gasteiger partial charge in [-0.2, -0.15) is 0 Å². The molecule has 1 heterocycles. The lowest BCUT2D eigenvalue weighted by Crippen LogP contribution is -2.52. The third-order valence-electron chi connectivity index (χ3n) is 3.99. The van der Waals surface area contributed by atoms with Gasteiger partial charge in [0.05, 0.1) is 4.90 Å². The molecule has 1 atom stereocenters. The molecule has 0 radical (unpaired) electrons. The lowest BCUT2D eigenvalue weighted by molar-refractivity contribution is 0.181. The number of halogens is 2. The minimum absolute atomic E-state index is 0.0425. The van der Waals surface area contributed by atoms with Crippen LogP contribution in [0.15, 0.2) is 27.6 Å². The SMILES string of the molecule is CC1(C)CCCNC1CNS(=O)(=O)c1ccc(F)cc1Br. The van der Waals surface area contributed by atoms with Gasteiger partial charge >= 0.3 is 0 Å². The Kier molecular flexibility index (Phi) is 5.07. The zero-order chi connectivity index (χ0) is 15.7. The molecule has 7 heteroatoms. The molecule has 1 unspecified atom stereocenters. The molecule has 21 heavy (non-hydrogen) atoms. The standard InChI is InChI=1S/C14H20BrFN2O2S/c1-14(2)6-3-7-17-13(14)9-18-21(19,20)12-5-4-10(16)8-11(12)15/h4-5,8,13,17-18H,3,6-7,9H2,1-2H3. The molecule has 1 saturated heterocycles. The van der Waals surface area contributed by atoms with E-state index in [1.165, 1.54) is 6.07 Å². The molecule has 1 aromatic carbocycles.